The minimum atomic E-state index is -1.10. The first kappa shape index (κ1) is 24.9. The Morgan fingerprint density at radius 1 is 1.19 bits per heavy atom. The van der Waals surface area contributed by atoms with Gasteiger partial charge in [-0.2, -0.15) is 0 Å². The van der Waals surface area contributed by atoms with Crippen LogP contribution in [0.3, 0.4) is 0 Å². The fourth-order valence-corrected chi connectivity index (χ4v) is 5.65. The number of ether oxygens (including phenoxy) is 1. The van der Waals surface area contributed by atoms with Gasteiger partial charge < -0.3 is 20.7 Å². The second-order valence-electron chi connectivity index (χ2n) is 10.0. The van der Waals surface area contributed by atoms with Gasteiger partial charge >= 0.3 is 6.03 Å². The summed E-state index contributed by atoms with van der Waals surface area (Å²) >= 11 is 0. The zero-order chi connectivity index (χ0) is 25.8. The quantitative estimate of drug-likeness (QED) is 0.622. The number of likely N-dealkylation sites (tertiary alicyclic amines) is 1. The summed E-state index contributed by atoms with van der Waals surface area (Å²) in [5.41, 5.74) is 7.15. The van der Waals surface area contributed by atoms with Crippen LogP contribution in [0.25, 0.3) is 0 Å². The number of amides is 3. The van der Waals surface area contributed by atoms with Crippen LogP contribution in [-0.2, 0) is 15.1 Å². The summed E-state index contributed by atoms with van der Waals surface area (Å²) in [6.45, 7) is 1.78. The number of urea groups is 1. The molecular formula is C29H35N5O3. The number of benzene rings is 1. The molecule has 8 heteroatoms. The van der Waals surface area contributed by atoms with Crippen molar-refractivity contribution < 1.29 is 14.3 Å². The average molecular weight is 502 g/mol. The van der Waals surface area contributed by atoms with Gasteiger partial charge in [0.15, 0.2) is 11.5 Å². The lowest BCUT2D eigenvalue weighted by molar-refractivity contribution is -0.131. The van der Waals surface area contributed by atoms with E-state index in [0.717, 1.165) is 42.6 Å². The normalized spacial score (nSPS) is 26.0. The third kappa shape index (κ3) is 4.92. The number of nitrogens with one attached hydrogen (secondary N) is 1. The predicted molar refractivity (Wildman–Crippen MR) is 143 cm³/mol. The van der Waals surface area contributed by atoms with Crippen LogP contribution in [-0.4, -0.2) is 60.5 Å². The molecule has 1 aromatic carbocycles. The molecule has 0 saturated carbocycles. The van der Waals surface area contributed by atoms with Crippen molar-refractivity contribution in [3.63, 3.8) is 0 Å². The molecule has 2 atom stereocenters. The molecule has 1 fully saturated rings. The van der Waals surface area contributed by atoms with Crippen molar-refractivity contribution in [2.75, 3.05) is 26.7 Å². The second kappa shape index (κ2) is 10.7. The number of hydrogen-bond donors (Lipinski definition) is 2. The summed E-state index contributed by atoms with van der Waals surface area (Å²) in [6.07, 6.45) is 15.8. The van der Waals surface area contributed by atoms with Gasteiger partial charge in [-0.3, -0.25) is 9.69 Å². The number of methoxy groups -OCH3 is 1. The van der Waals surface area contributed by atoms with Crippen LogP contribution in [0.15, 0.2) is 83.1 Å². The number of allylic oxidation sites excluding steroid dienone is 5. The zero-order valence-corrected chi connectivity index (χ0v) is 21.3. The highest BCUT2D eigenvalue weighted by Gasteiger charge is 2.51. The molecule has 2 unspecified atom stereocenters. The van der Waals surface area contributed by atoms with Crippen molar-refractivity contribution >= 4 is 17.9 Å². The van der Waals surface area contributed by atoms with E-state index in [1.165, 1.54) is 0 Å². The maximum atomic E-state index is 14.0. The Morgan fingerprint density at radius 3 is 2.68 bits per heavy atom. The van der Waals surface area contributed by atoms with Gasteiger partial charge in [0.2, 0.25) is 0 Å². The number of carbonyl (C=O) groups is 2. The van der Waals surface area contributed by atoms with Gasteiger partial charge in [-0.1, -0.05) is 60.7 Å². The molecule has 2 heterocycles. The molecule has 4 aliphatic rings. The van der Waals surface area contributed by atoms with Crippen molar-refractivity contribution in [1.82, 2.24) is 15.1 Å². The molecule has 8 nitrogen and oxygen atoms in total. The molecule has 3 N–H and O–H groups in total. The van der Waals surface area contributed by atoms with Crippen LogP contribution in [0.5, 0.6) is 0 Å². The third-order valence-electron chi connectivity index (χ3n) is 7.74. The van der Waals surface area contributed by atoms with E-state index in [-0.39, 0.29) is 29.9 Å². The van der Waals surface area contributed by atoms with Gasteiger partial charge in [0.05, 0.1) is 18.9 Å². The molecule has 0 aromatic heterocycles. The van der Waals surface area contributed by atoms with E-state index in [0.29, 0.717) is 26.1 Å². The summed E-state index contributed by atoms with van der Waals surface area (Å²) < 4.78 is 5.31. The molecule has 1 saturated heterocycles. The van der Waals surface area contributed by atoms with Crippen LogP contribution >= 0.6 is 0 Å². The van der Waals surface area contributed by atoms with Crippen molar-refractivity contribution in [1.29, 1.82) is 0 Å². The monoisotopic (exact) mass is 501 g/mol. The number of carbonyl (C=O) groups excluding carboxylic acids is 2. The number of rotatable bonds is 6. The van der Waals surface area contributed by atoms with Crippen LogP contribution in [0.2, 0.25) is 0 Å². The van der Waals surface area contributed by atoms with Gasteiger partial charge in [-0.15, -0.1) is 0 Å². The molecule has 2 aliphatic heterocycles. The van der Waals surface area contributed by atoms with E-state index in [4.69, 9.17) is 15.5 Å². The molecule has 37 heavy (non-hydrogen) atoms. The van der Waals surface area contributed by atoms with Crippen LogP contribution in [0.4, 0.5) is 4.79 Å². The number of aliphatic imine (C=N–C) groups is 1. The maximum absolute atomic E-state index is 14.0. The number of nitrogens with zero attached hydrogens (tertiary/aromatic N) is 3. The van der Waals surface area contributed by atoms with E-state index < -0.39 is 5.54 Å². The molecular weight excluding hydrogens is 466 g/mol. The maximum Gasteiger partial charge on any atom is 0.317 e. The van der Waals surface area contributed by atoms with Crippen molar-refractivity contribution in [3.8, 4) is 0 Å². The van der Waals surface area contributed by atoms with E-state index in [2.05, 4.69) is 11.4 Å². The summed E-state index contributed by atoms with van der Waals surface area (Å²) in [6, 6.07) is 9.60. The Morgan fingerprint density at radius 2 is 1.97 bits per heavy atom. The lowest BCUT2D eigenvalue weighted by atomic mass is 9.79. The van der Waals surface area contributed by atoms with Gasteiger partial charge in [-0.25, -0.2) is 9.79 Å². The molecule has 0 radical (unpaired) electrons. The first-order chi connectivity index (χ1) is 18.0. The lowest BCUT2D eigenvalue weighted by Gasteiger charge is -2.35. The Kier molecular flexibility index (Phi) is 7.17. The minimum absolute atomic E-state index is 0.0656. The standard InChI is InChI=1S/C29H35N5O3/c1-37-25-14-8-13-24(19-25)31-28(36)33-17-15-21(16-18-33)20-34-26(35)29(32-27(34)30,22-9-4-2-5-10-22)23-11-6-3-7-12-23/h2-6,8-11,13-14,21,24H,7,12,15-20H2,1H3,(H2,30,32)(H,31,36). The first-order valence-electron chi connectivity index (χ1n) is 13.1. The summed E-state index contributed by atoms with van der Waals surface area (Å²) in [5.74, 6) is 1.29. The van der Waals surface area contributed by atoms with E-state index in [9.17, 15) is 9.59 Å². The summed E-state index contributed by atoms with van der Waals surface area (Å²) in [5, 5.41) is 3.08. The van der Waals surface area contributed by atoms with Gasteiger partial charge in [0, 0.05) is 26.1 Å². The molecule has 3 amide bonds. The highest BCUT2D eigenvalue weighted by Crippen LogP contribution is 2.43. The molecule has 1 aromatic rings. The predicted octanol–water partition coefficient (Wildman–Crippen LogP) is 3.60. The van der Waals surface area contributed by atoms with Gasteiger partial charge in [0.1, 0.15) is 0 Å². The Labute approximate surface area is 218 Å². The third-order valence-corrected chi connectivity index (χ3v) is 7.74. The zero-order valence-electron chi connectivity index (χ0n) is 21.3. The first-order valence-corrected chi connectivity index (χ1v) is 13.1. The Bertz CT molecular complexity index is 1180. The van der Waals surface area contributed by atoms with Crippen molar-refractivity contribution in [2.45, 2.75) is 43.7 Å². The molecule has 0 spiro atoms. The fourth-order valence-electron chi connectivity index (χ4n) is 5.65. The van der Waals surface area contributed by atoms with Gasteiger partial charge in [-0.05, 0) is 48.8 Å². The number of piperidine rings is 1. The SMILES string of the molecule is COC1=CC=CC(NC(=O)N2CCC(CN3C(=O)C(C4=CC=CCC4)(c4ccccc4)N=C3N)CC2)C1. The molecule has 2 aliphatic carbocycles. The smallest absolute Gasteiger partial charge is 0.317 e. The topological polar surface area (TPSA) is 100 Å². The summed E-state index contributed by atoms with van der Waals surface area (Å²) in [7, 11) is 1.64. The minimum Gasteiger partial charge on any atom is -0.501 e. The Hall–Kier alpha value is -3.81. The number of nitrogens with two attached hydrogens (primary N) is 1. The summed E-state index contributed by atoms with van der Waals surface area (Å²) in [4.78, 5) is 35.2. The van der Waals surface area contributed by atoms with Crippen molar-refractivity contribution in [3.05, 3.63) is 83.7 Å². The van der Waals surface area contributed by atoms with E-state index in [1.807, 2.05) is 65.6 Å². The van der Waals surface area contributed by atoms with Crippen LogP contribution in [0.1, 0.15) is 37.7 Å². The number of guanidine groups is 1. The molecule has 194 valence electrons. The average Bonchev–Trinajstić information content (AvgIpc) is 3.20. The van der Waals surface area contributed by atoms with Gasteiger partial charge in [0.25, 0.3) is 5.91 Å². The number of hydrogen-bond acceptors (Lipinski definition) is 5. The van der Waals surface area contributed by atoms with E-state index >= 15 is 0 Å². The molecule has 0 bridgehead atoms. The fraction of sp³-hybridized carbons (Fsp3) is 0.414. The highest BCUT2D eigenvalue weighted by atomic mass is 16.5. The highest BCUT2D eigenvalue weighted by molar-refractivity contribution is 6.09. The van der Waals surface area contributed by atoms with Crippen LogP contribution < -0.4 is 11.1 Å². The Balaban J connectivity index is 1.23. The van der Waals surface area contributed by atoms with E-state index in [1.54, 1.807) is 12.0 Å². The molecule has 5 rings (SSSR count). The lowest BCUT2D eigenvalue weighted by Crippen LogP contribution is -2.50. The largest absolute Gasteiger partial charge is 0.501 e. The van der Waals surface area contributed by atoms with Crippen LogP contribution in [0, 0.1) is 5.92 Å². The van der Waals surface area contributed by atoms with Crippen molar-refractivity contribution in [2.24, 2.45) is 16.6 Å². The second-order valence-corrected chi connectivity index (χ2v) is 10.0.